The lowest BCUT2D eigenvalue weighted by Gasteiger charge is -2.21. The summed E-state index contributed by atoms with van der Waals surface area (Å²) in [6, 6.07) is 4.22. The molecule has 0 spiro atoms. The number of nitrogens with zero attached hydrogens (tertiary/aromatic N) is 1. The second-order valence-corrected chi connectivity index (χ2v) is 5.99. The molecule has 1 aliphatic carbocycles. The van der Waals surface area contributed by atoms with Gasteiger partial charge in [-0.2, -0.15) is 0 Å². The molecule has 0 atom stereocenters. The van der Waals surface area contributed by atoms with Crippen molar-refractivity contribution in [2.24, 2.45) is 5.92 Å². The Labute approximate surface area is 126 Å². The minimum Gasteiger partial charge on any atom is -0.352 e. The van der Waals surface area contributed by atoms with Crippen molar-refractivity contribution in [3.63, 3.8) is 0 Å². The van der Waals surface area contributed by atoms with Crippen molar-refractivity contribution in [3.05, 3.63) is 38.3 Å². The molecular weight excluding hydrogens is 324 g/mol. The number of amides is 1. The number of nitrogens with one attached hydrogen (secondary N) is 1. The van der Waals surface area contributed by atoms with Crippen LogP contribution in [0.1, 0.15) is 42.5 Å². The van der Waals surface area contributed by atoms with Crippen LogP contribution in [0.4, 0.5) is 5.69 Å². The summed E-state index contributed by atoms with van der Waals surface area (Å²) >= 11 is 3.26. The SMILES string of the molecule is O=C(NCC1CCCCC1)c1cc([N+](=O)[O-])ccc1Br. The molecule has 0 aliphatic heterocycles. The van der Waals surface area contributed by atoms with Gasteiger partial charge in [0.1, 0.15) is 0 Å². The van der Waals surface area contributed by atoms with E-state index in [-0.39, 0.29) is 11.6 Å². The molecule has 1 aliphatic rings. The molecule has 1 amide bonds. The van der Waals surface area contributed by atoms with Gasteiger partial charge in [0.2, 0.25) is 0 Å². The van der Waals surface area contributed by atoms with Gasteiger partial charge in [-0.1, -0.05) is 19.3 Å². The van der Waals surface area contributed by atoms with Gasteiger partial charge in [0.05, 0.1) is 10.5 Å². The smallest absolute Gasteiger partial charge is 0.270 e. The standard InChI is InChI=1S/C14H17BrN2O3/c15-13-7-6-11(17(19)20)8-12(13)14(18)16-9-10-4-2-1-3-5-10/h6-8,10H,1-5,9H2,(H,16,18). The topological polar surface area (TPSA) is 72.2 Å². The Morgan fingerprint density at radius 2 is 2.05 bits per heavy atom. The van der Waals surface area contributed by atoms with Gasteiger partial charge in [-0.15, -0.1) is 0 Å². The van der Waals surface area contributed by atoms with E-state index in [2.05, 4.69) is 21.2 Å². The van der Waals surface area contributed by atoms with Gasteiger partial charge in [-0.05, 0) is 40.8 Å². The third-order valence-corrected chi connectivity index (χ3v) is 4.37. The van der Waals surface area contributed by atoms with E-state index in [1.807, 2.05) is 0 Å². The van der Waals surface area contributed by atoms with E-state index in [0.29, 0.717) is 22.5 Å². The molecule has 6 heteroatoms. The first-order chi connectivity index (χ1) is 9.58. The predicted octanol–water partition coefficient (Wildman–Crippen LogP) is 3.67. The maximum absolute atomic E-state index is 12.1. The van der Waals surface area contributed by atoms with Crippen molar-refractivity contribution in [1.82, 2.24) is 5.32 Å². The largest absolute Gasteiger partial charge is 0.352 e. The molecular formula is C14H17BrN2O3. The van der Waals surface area contributed by atoms with E-state index in [9.17, 15) is 14.9 Å². The number of nitro benzene ring substituents is 1. The van der Waals surface area contributed by atoms with Gasteiger partial charge in [0, 0.05) is 23.2 Å². The van der Waals surface area contributed by atoms with Crippen LogP contribution in [0, 0.1) is 16.0 Å². The van der Waals surface area contributed by atoms with E-state index in [4.69, 9.17) is 0 Å². The number of halogens is 1. The van der Waals surface area contributed by atoms with Crippen molar-refractivity contribution < 1.29 is 9.72 Å². The summed E-state index contributed by atoms with van der Waals surface area (Å²) in [5.74, 6) is 0.274. The van der Waals surface area contributed by atoms with Crippen LogP contribution >= 0.6 is 15.9 Å². The van der Waals surface area contributed by atoms with Crippen LogP contribution < -0.4 is 5.32 Å². The third kappa shape index (κ3) is 3.79. The summed E-state index contributed by atoms with van der Waals surface area (Å²) < 4.78 is 0.573. The Balaban J connectivity index is 2.00. The molecule has 1 aromatic rings. The van der Waals surface area contributed by atoms with Crippen molar-refractivity contribution >= 4 is 27.5 Å². The molecule has 0 bridgehead atoms. The number of benzene rings is 1. The highest BCUT2D eigenvalue weighted by atomic mass is 79.9. The Hall–Kier alpha value is -1.43. The molecule has 0 aromatic heterocycles. The molecule has 1 aromatic carbocycles. The zero-order valence-corrected chi connectivity index (χ0v) is 12.7. The number of rotatable bonds is 4. The van der Waals surface area contributed by atoms with Crippen molar-refractivity contribution in [2.45, 2.75) is 32.1 Å². The van der Waals surface area contributed by atoms with Gasteiger partial charge in [-0.3, -0.25) is 14.9 Å². The van der Waals surface area contributed by atoms with Gasteiger partial charge in [0.15, 0.2) is 0 Å². The van der Waals surface area contributed by atoms with Crippen LogP contribution in [0.2, 0.25) is 0 Å². The van der Waals surface area contributed by atoms with Crippen LogP contribution in [0.5, 0.6) is 0 Å². The van der Waals surface area contributed by atoms with Crippen molar-refractivity contribution in [1.29, 1.82) is 0 Å². The second kappa shape index (κ2) is 6.83. The Bertz CT molecular complexity index is 513. The fraction of sp³-hybridized carbons (Fsp3) is 0.500. The summed E-state index contributed by atoms with van der Waals surface area (Å²) in [6.45, 7) is 0.647. The van der Waals surface area contributed by atoms with Crippen molar-refractivity contribution in [2.75, 3.05) is 6.54 Å². The Kier molecular flexibility index (Phi) is 5.11. The highest BCUT2D eigenvalue weighted by molar-refractivity contribution is 9.10. The number of nitro groups is 1. The lowest BCUT2D eigenvalue weighted by Crippen LogP contribution is -2.30. The average molecular weight is 341 g/mol. The normalized spacial score (nSPS) is 15.8. The molecule has 1 N–H and O–H groups in total. The minimum atomic E-state index is -0.496. The molecule has 0 heterocycles. The quantitative estimate of drug-likeness (QED) is 0.671. The predicted molar refractivity (Wildman–Crippen MR) is 79.7 cm³/mol. The van der Waals surface area contributed by atoms with Crippen LogP contribution in [0.3, 0.4) is 0 Å². The van der Waals surface area contributed by atoms with E-state index < -0.39 is 4.92 Å². The zero-order chi connectivity index (χ0) is 14.5. The monoisotopic (exact) mass is 340 g/mol. The molecule has 1 fully saturated rings. The fourth-order valence-electron chi connectivity index (χ4n) is 2.52. The van der Waals surface area contributed by atoms with Gasteiger partial charge < -0.3 is 5.32 Å². The molecule has 5 nitrogen and oxygen atoms in total. The first-order valence-electron chi connectivity index (χ1n) is 6.80. The molecule has 2 rings (SSSR count). The lowest BCUT2D eigenvalue weighted by molar-refractivity contribution is -0.384. The number of hydrogen-bond donors (Lipinski definition) is 1. The summed E-state index contributed by atoms with van der Waals surface area (Å²) in [4.78, 5) is 22.4. The van der Waals surface area contributed by atoms with Gasteiger partial charge >= 0.3 is 0 Å². The Morgan fingerprint density at radius 1 is 1.35 bits per heavy atom. The maximum Gasteiger partial charge on any atom is 0.270 e. The molecule has 0 radical (unpaired) electrons. The number of carbonyl (C=O) groups excluding carboxylic acids is 1. The molecule has 0 unspecified atom stereocenters. The lowest BCUT2D eigenvalue weighted by atomic mass is 9.89. The first-order valence-corrected chi connectivity index (χ1v) is 7.59. The molecule has 0 saturated heterocycles. The molecule has 20 heavy (non-hydrogen) atoms. The maximum atomic E-state index is 12.1. The number of hydrogen-bond acceptors (Lipinski definition) is 3. The first kappa shape index (κ1) is 15.0. The van der Waals surface area contributed by atoms with E-state index in [1.54, 1.807) is 0 Å². The summed E-state index contributed by atoms with van der Waals surface area (Å²) in [5, 5.41) is 13.6. The number of carbonyl (C=O) groups is 1. The minimum absolute atomic E-state index is 0.0731. The highest BCUT2D eigenvalue weighted by Gasteiger charge is 2.18. The average Bonchev–Trinajstić information content (AvgIpc) is 2.46. The van der Waals surface area contributed by atoms with Crippen LogP contribution in [0.15, 0.2) is 22.7 Å². The van der Waals surface area contributed by atoms with Crippen LogP contribution in [-0.2, 0) is 0 Å². The summed E-state index contributed by atoms with van der Waals surface area (Å²) in [5.41, 5.74) is 0.242. The van der Waals surface area contributed by atoms with Crippen molar-refractivity contribution in [3.8, 4) is 0 Å². The third-order valence-electron chi connectivity index (χ3n) is 3.68. The van der Waals surface area contributed by atoms with E-state index >= 15 is 0 Å². The Morgan fingerprint density at radius 3 is 2.70 bits per heavy atom. The van der Waals surface area contributed by atoms with E-state index in [1.165, 1.54) is 37.5 Å². The molecule has 1 saturated carbocycles. The second-order valence-electron chi connectivity index (χ2n) is 5.14. The van der Waals surface area contributed by atoms with Crippen LogP contribution in [0.25, 0.3) is 0 Å². The zero-order valence-electron chi connectivity index (χ0n) is 11.1. The van der Waals surface area contributed by atoms with Gasteiger partial charge in [0.25, 0.3) is 11.6 Å². The highest BCUT2D eigenvalue weighted by Crippen LogP contribution is 2.24. The van der Waals surface area contributed by atoms with Gasteiger partial charge in [-0.25, -0.2) is 0 Å². The molecule has 108 valence electrons. The fourth-order valence-corrected chi connectivity index (χ4v) is 2.95. The van der Waals surface area contributed by atoms with Crippen LogP contribution in [-0.4, -0.2) is 17.4 Å². The number of non-ortho nitro benzene ring substituents is 1. The summed E-state index contributed by atoms with van der Waals surface area (Å²) in [6.07, 6.45) is 6.02. The summed E-state index contributed by atoms with van der Waals surface area (Å²) in [7, 11) is 0. The van der Waals surface area contributed by atoms with E-state index in [0.717, 1.165) is 12.8 Å².